The summed E-state index contributed by atoms with van der Waals surface area (Å²) in [5.41, 5.74) is 2.95. The summed E-state index contributed by atoms with van der Waals surface area (Å²) in [6.07, 6.45) is 35.1. The van der Waals surface area contributed by atoms with E-state index in [-0.39, 0.29) is 26.2 Å². The zero-order chi connectivity index (χ0) is 16.5. The Kier molecular flexibility index (Phi) is 10.4. The van der Waals surface area contributed by atoms with Gasteiger partial charge in [0.05, 0.1) is 0 Å². The van der Waals surface area contributed by atoms with E-state index in [0.29, 0.717) is 0 Å². The summed E-state index contributed by atoms with van der Waals surface area (Å²) in [4.78, 5) is 0. The van der Waals surface area contributed by atoms with Gasteiger partial charge < -0.3 is 0 Å². The van der Waals surface area contributed by atoms with Crippen LogP contribution in [-0.4, -0.2) is 0 Å². The van der Waals surface area contributed by atoms with Crippen molar-refractivity contribution in [2.75, 3.05) is 0 Å². The minimum absolute atomic E-state index is 0. The average molecular weight is 414 g/mol. The molecular formula is C24H34Zr. The largest absolute Gasteiger partial charge is 2.00 e. The van der Waals surface area contributed by atoms with Gasteiger partial charge in [0, 0.05) is 0 Å². The minimum Gasteiger partial charge on any atom is -0.269 e. The van der Waals surface area contributed by atoms with Crippen molar-refractivity contribution in [2.24, 2.45) is 11.8 Å². The fourth-order valence-electron chi connectivity index (χ4n) is 4.59. The maximum absolute atomic E-state index is 3.41. The van der Waals surface area contributed by atoms with Crippen LogP contribution >= 0.6 is 0 Å². The molecule has 0 atom stereocenters. The van der Waals surface area contributed by atoms with Crippen LogP contribution in [0, 0.1) is 24.0 Å². The van der Waals surface area contributed by atoms with Crippen LogP contribution in [0.2, 0.25) is 0 Å². The van der Waals surface area contributed by atoms with E-state index < -0.39 is 0 Å². The Balaban J connectivity index is 0.000000173. The smallest absolute Gasteiger partial charge is 0.269 e. The Morgan fingerprint density at radius 3 is 1.36 bits per heavy atom. The van der Waals surface area contributed by atoms with E-state index in [1.807, 2.05) is 0 Å². The molecule has 4 aliphatic rings. The van der Waals surface area contributed by atoms with Gasteiger partial charge >= 0.3 is 26.2 Å². The summed E-state index contributed by atoms with van der Waals surface area (Å²) >= 11 is 0. The molecule has 0 aromatic heterocycles. The van der Waals surface area contributed by atoms with E-state index in [1.165, 1.54) is 88.2 Å². The van der Waals surface area contributed by atoms with E-state index >= 15 is 0 Å². The molecule has 0 heterocycles. The second kappa shape index (κ2) is 12.3. The van der Waals surface area contributed by atoms with Gasteiger partial charge in [-0.05, 0) is 11.8 Å². The summed E-state index contributed by atoms with van der Waals surface area (Å²) in [7, 11) is 0. The van der Waals surface area contributed by atoms with Gasteiger partial charge in [0.2, 0.25) is 0 Å². The van der Waals surface area contributed by atoms with Gasteiger partial charge in [-0.25, -0.2) is 23.3 Å². The van der Waals surface area contributed by atoms with Crippen LogP contribution in [-0.2, 0) is 26.2 Å². The zero-order valence-corrected chi connectivity index (χ0v) is 18.3. The second-order valence-corrected chi connectivity index (χ2v) is 8.03. The molecule has 4 aliphatic carbocycles. The van der Waals surface area contributed by atoms with E-state index in [2.05, 4.69) is 36.5 Å². The number of hydrogen-bond donors (Lipinski definition) is 0. The molecule has 0 aliphatic heterocycles. The first-order valence-corrected chi connectivity index (χ1v) is 10.4. The molecule has 0 N–H and O–H groups in total. The summed E-state index contributed by atoms with van der Waals surface area (Å²) in [5.74, 6) is 1.95. The molecule has 25 heavy (non-hydrogen) atoms. The van der Waals surface area contributed by atoms with E-state index in [9.17, 15) is 0 Å². The van der Waals surface area contributed by atoms with Gasteiger partial charge in [-0.15, -0.1) is 12.8 Å². The van der Waals surface area contributed by atoms with Crippen LogP contribution < -0.4 is 0 Å². The Hall–Kier alpha value is -0.157. The zero-order valence-electron chi connectivity index (χ0n) is 15.9. The summed E-state index contributed by atoms with van der Waals surface area (Å²) in [6.45, 7) is 0. The Morgan fingerprint density at radius 1 is 0.640 bits per heavy atom. The molecule has 1 heteroatoms. The van der Waals surface area contributed by atoms with Crippen molar-refractivity contribution in [3.8, 4) is 0 Å². The molecule has 2 fully saturated rings. The van der Waals surface area contributed by atoms with Gasteiger partial charge in [-0.3, -0.25) is 12.2 Å². The molecule has 0 radical (unpaired) electrons. The van der Waals surface area contributed by atoms with Gasteiger partial charge in [0.1, 0.15) is 0 Å². The number of rotatable bonds is 4. The molecule has 0 spiro atoms. The molecule has 134 valence electrons. The first-order chi connectivity index (χ1) is 11.9. The van der Waals surface area contributed by atoms with Crippen molar-refractivity contribution in [2.45, 2.75) is 89.9 Å². The Morgan fingerprint density at radius 2 is 1.04 bits per heavy atom. The second-order valence-electron chi connectivity index (χ2n) is 8.03. The third kappa shape index (κ3) is 7.94. The monoisotopic (exact) mass is 412 g/mol. The van der Waals surface area contributed by atoms with Crippen LogP contribution in [0.1, 0.15) is 89.9 Å². The molecule has 0 bridgehead atoms. The third-order valence-electron chi connectivity index (χ3n) is 6.00. The number of hydrogen-bond acceptors (Lipinski definition) is 0. The van der Waals surface area contributed by atoms with Crippen LogP contribution in [0.3, 0.4) is 0 Å². The summed E-state index contributed by atoms with van der Waals surface area (Å²) in [6, 6.07) is 0. The van der Waals surface area contributed by atoms with Crippen LogP contribution in [0.25, 0.3) is 0 Å². The summed E-state index contributed by atoms with van der Waals surface area (Å²) < 4.78 is 0. The minimum atomic E-state index is 0. The van der Waals surface area contributed by atoms with Crippen molar-refractivity contribution < 1.29 is 26.2 Å². The summed E-state index contributed by atoms with van der Waals surface area (Å²) in [5, 5.41) is 0. The fourth-order valence-corrected chi connectivity index (χ4v) is 4.59. The SMILES string of the molecule is [C-]1=C(CC2CCCCC2)C=CC1.[C-]1=C(CC2CCCCC2)C=CC1.[Zr+2]. The molecular weight excluding hydrogens is 379 g/mol. The van der Waals surface area contributed by atoms with Crippen LogP contribution in [0.15, 0.2) is 35.5 Å². The maximum Gasteiger partial charge on any atom is 2.00 e. The molecule has 4 rings (SSSR count). The predicted octanol–water partition coefficient (Wildman–Crippen LogP) is 7.29. The first kappa shape index (κ1) is 21.1. The van der Waals surface area contributed by atoms with E-state index in [1.54, 1.807) is 0 Å². The van der Waals surface area contributed by atoms with Crippen LogP contribution in [0.5, 0.6) is 0 Å². The van der Waals surface area contributed by atoms with Gasteiger partial charge in [-0.2, -0.15) is 12.2 Å². The maximum atomic E-state index is 3.41. The van der Waals surface area contributed by atoms with Crippen molar-refractivity contribution in [3.05, 3.63) is 47.6 Å². The van der Waals surface area contributed by atoms with E-state index in [4.69, 9.17) is 0 Å². The number of allylic oxidation sites excluding steroid dienone is 8. The Bertz CT molecular complexity index is 436. The standard InChI is InChI=1S/2C12H17.Zr/c2*1-2-6-11(7-3-1)10-12-8-4-5-9-12;/h2*4,8,11H,1-3,5-7,10H2;/q2*-1;+2. The normalized spacial score (nSPS) is 23.5. The molecule has 0 aromatic rings. The van der Waals surface area contributed by atoms with Crippen LogP contribution in [0.4, 0.5) is 0 Å². The molecule has 0 nitrogen and oxygen atoms in total. The van der Waals surface area contributed by atoms with Gasteiger partial charge in [0.15, 0.2) is 0 Å². The van der Waals surface area contributed by atoms with Gasteiger partial charge in [-0.1, -0.05) is 77.0 Å². The quantitative estimate of drug-likeness (QED) is 0.424. The van der Waals surface area contributed by atoms with E-state index in [0.717, 1.165) is 24.7 Å². The molecule has 2 saturated carbocycles. The van der Waals surface area contributed by atoms with Crippen molar-refractivity contribution in [1.29, 1.82) is 0 Å². The Labute approximate surface area is 175 Å². The van der Waals surface area contributed by atoms with Gasteiger partial charge in [0.25, 0.3) is 0 Å². The van der Waals surface area contributed by atoms with Crippen molar-refractivity contribution in [3.63, 3.8) is 0 Å². The molecule has 0 saturated heterocycles. The molecule has 0 aromatic carbocycles. The predicted molar refractivity (Wildman–Crippen MR) is 103 cm³/mol. The fraction of sp³-hybridized carbons (Fsp3) is 0.667. The first-order valence-electron chi connectivity index (χ1n) is 10.4. The average Bonchev–Trinajstić information content (AvgIpc) is 3.32. The third-order valence-corrected chi connectivity index (χ3v) is 6.00. The molecule has 0 unspecified atom stereocenters. The topological polar surface area (TPSA) is 0 Å². The van der Waals surface area contributed by atoms with Crippen molar-refractivity contribution in [1.82, 2.24) is 0 Å². The molecule has 0 amide bonds. The van der Waals surface area contributed by atoms with Crippen molar-refractivity contribution >= 4 is 0 Å².